The minimum Gasteiger partial charge on any atom is -0.348 e. The Labute approximate surface area is 171 Å². The molecule has 1 unspecified atom stereocenters. The van der Waals surface area contributed by atoms with Crippen molar-refractivity contribution < 1.29 is 9.47 Å². The number of ether oxygens (including phenoxy) is 2. The Morgan fingerprint density at radius 1 is 1.18 bits per heavy atom. The smallest absolute Gasteiger partial charge is 0.169 e. The van der Waals surface area contributed by atoms with Crippen LogP contribution in [0.1, 0.15) is 49.6 Å². The molecule has 1 atom stereocenters. The van der Waals surface area contributed by atoms with Gasteiger partial charge in [0.2, 0.25) is 0 Å². The van der Waals surface area contributed by atoms with E-state index in [1.165, 1.54) is 11.1 Å². The monoisotopic (exact) mass is 401 g/mol. The van der Waals surface area contributed by atoms with Crippen LogP contribution in [0.2, 0.25) is 5.02 Å². The Kier molecular flexibility index (Phi) is 4.36. The minimum absolute atomic E-state index is 0.0214. The van der Waals surface area contributed by atoms with Gasteiger partial charge in [-0.2, -0.15) is 5.10 Å². The Bertz CT molecular complexity index is 860. The van der Waals surface area contributed by atoms with Crippen LogP contribution < -0.4 is 0 Å². The van der Waals surface area contributed by atoms with Gasteiger partial charge in [0.25, 0.3) is 0 Å². The fourth-order valence-corrected chi connectivity index (χ4v) is 5.68. The minimum atomic E-state index is -0.289. The van der Waals surface area contributed by atoms with Crippen LogP contribution in [0.25, 0.3) is 0 Å². The lowest BCUT2D eigenvalue weighted by Crippen LogP contribution is -2.51. The Balaban J connectivity index is 1.43. The zero-order valence-corrected chi connectivity index (χ0v) is 17.6. The molecule has 0 radical (unpaired) electrons. The molecule has 2 fully saturated rings. The third-order valence-electron chi connectivity index (χ3n) is 6.94. The summed E-state index contributed by atoms with van der Waals surface area (Å²) in [6.07, 6.45) is 4.60. The van der Waals surface area contributed by atoms with E-state index in [0.717, 1.165) is 49.7 Å². The maximum atomic E-state index is 6.46. The van der Waals surface area contributed by atoms with Gasteiger partial charge >= 0.3 is 0 Å². The number of aromatic nitrogens is 2. The van der Waals surface area contributed by atoms with Crippen LogP contribution in [0.3, 0.4) is 0 Å². The first kappa shape index (κ1) is 18.6. The van der Waals surface area contributed by atoms with Crippen molar-refractivity contribution in [2.24, 2.45) is 13.0 Å². The zero-order valence-electron chi connectivity index (χ0n) is 16.8. The molecule has 1 spiro atoms. The maximum Gasteiger partial charge on any atom is 0.169 e. The molecule has 1 saturated carbocycles. The van der Waals surface area contributed by atoms with Crippen molar-refractivity contribution in [2.45, 2.75) is 50.5 Å². The summed E-state index contributed by atoms with van der Waals surface area (Å²) in [4.78, 5) is 2.66. The number of hydrogen-bond acceptors (Lipinski definition) is 4. The highest BCUT2D eigenvalue weighted by Crippen LogP contribution is 2.51. The molecule has 1 aromatic carbocycles. The van der Waals surface area contributed by atoms with Gasteiger partial charge in [-0.1, -0.05) is 35.9 Å². The lowest BCUT2D eigenvalue weighted by molar-refractivity contribution is -0.234. The molecule has 150 valence electrons. The van der Waals surface area contributed by atoms with Gasteiger partial charge in [0.15, 0.2) is 5.79 Å². The first-order valence-electron chi connectivity index (χ1n) is 10.2. The number of nitrogens with zero attached hydrogens (tertiary/aromatic N) is 3. The third-order valence-corrected chi connectivity index (χ3v) is 7.25. The summed E-state index contributed by atoms with van der Waals surface area (Å²) in [6, 6.07) is 9.14. The molecule has 1 aliphatic carbocycles. The summed E-state index contributed by atoms with van der Waals surface area (Å²) in [5.41, 5.74) is 3.90. The molecule has 3 aliphatic rings. The van der Waals surface area contributed by atoms with Crippen molar-refractivity contribution in [3.05, 3.63) is 52.3 Å². The van der Waals surface area contributed by atoms with E-state index >= 15 is 0 Å². The predicted octanol–water partition coefficient (Wildman–Crippen LogP) is 4.06. The van der Waals surface area contributed by atoms with E-state index in [1.54, 1.807) is 6.20 Å². The average Bonchev–Trinajstić information content (AvgIpc) is 3.30. The van der Waals surface area contributed by atoms with E-state index in [2.05, 4.69) is 48.1 Å². The van der Waals surface area contributed by atoms with Crippen molar-refractivity contribution in [1.82, 2.24) is 14.7 Å². The number of rotatable bonds is 4. The normalized spacial score (nSPS) is 25.9. The van der Waals surface area contributed by atoms with E-state index in [9.17, 15) is 0 Å². The summed E-state index contributed by atoms with van der Waals surface area (Å²) in [5, 5.41) is 5.10. The average molecular weight is 402 g/mol. The summed E-state index contributed by atoms with van der Waals surface area (Å²) in [6.45, 7) is 7.18. The summed E-state index contributed by atoms with van der Waals surface area (Å²) >= 11 is 6.46. The molecule has 0 bridgehead atoms. The molecule has 2 aromatic rings. The predicted molar refractivity (Wildman–Crippen MR) is 108 cm³/mol. The number of hydrogen-bond donors (Lipinski definition) is 0. The van der Waals surface area contributed by atoms with E-state index in [1.807, 2.05) is 11.7 Å². The molecule has 3 heterocycles. The van der Waals surface area contributed by atoms with E-state index in [-0.39, 0.29) is 11.3 Å². The lowest BCUT2D eigenvalue weighted by Gasteiger charge is -2.47. The van der Waals surface area contributed by atoms with Gasteiger partial charge in [-0.3, -0.25) is 9.58 Å². The van der Waals surface area contributed by atoms with E-state index < -0.39 is 0 Å². The molecule has 5 nitrogen and oxygen atoms in total. The van der Waals surface area contributed by atoms with Gasteiger partial charge in [0.05, 0.1) is 30.1 Å². The topological polar surface area (TPSA) is 39.5 Å². The van der Waals surface area contributed by atoms with E-state index in [0.29, 0.717) is 12.0 Å². The molecule has 0 amide bonds. The molecule has 2 aliphatic heterocycles. The van der Waals surface area contributed by atoms with Crippen molar-refractivity contribution in [1.29, 1.82) is 0 Å². The number of benzene rings is 1. The Morgan fingerprint density at radius 2 is 1.89 bits per heavy atom. The summed E-state index contributed by atoms with van der Waals surface area (Å²) < 4.78 is 13.6. The van der Waals surface area contributed by atoms with Gasteiger partial charge in [-0.25, -0.2) is 0 Å². The van der Waals surface area contributed by atoms with Crippen LogP contribution in [0.15, 0.2) is 30.5 Å². The number of halogens is 1. The first-order chi connectivity index (χ1) is 13.4. The molecule has 1 aromatic heterocycles. The molecular weight excluding hydrogens is 374 g/mol. The van der Waals surface area contributed by atoms with Gasteiger partial charge < -0.3 is 9.47 Å². The lowest BCUT2D eigenvalue weighted by atomic mass is 9.77. The van der Waals surface area contributed by atoms with Crippen LogP contribution in [-0.4, -0.2) is 40.2 Å². The van der Waals surface area contributed by atoms with Crippen LogP contribution >= 0.6 is 11.6 Å². The van der Waals surface area contributed by atoms with Gasteiger partial charge in [0.1, 0.15) is 0 Å². The maximum absolute atomic E-state index is 6.46. The second-order valence-corrected chi connectivity index (χ2v) is 9.37. The zero-order chi connectivity index (χ0) is 19.5. The SMILES string of the molecule is Cn1ncc(Cl)c1CC1c2ccccc2C(C)(C)N1CC1CC2(C1)OCCO2. The second kappa shape index (κ2) is 6.56. The summed E-state index contributed by atoms with van der Waals surface area (Å²) in [5.74, 6) is 0.304. The van der Waals surface area contributed by atoms with Crippen LogP contribution in [0, 0.1) is 5.92 Å². The van der Waals surface area contributed by atoms with Gasteiger partial charge in [-0.15, -0.1) is 0 Å². The van der Waals surface area contributed by atoms with Gasteiger partial charge in [-0.05, 0) is 30.9 Å². The Morgan fingerprint density at radius 3 is 2.57 bits per heavy atom. The van der Waals surface area contributed by atoms with Crippen LogP contribution in [0.4, 0.5) is 0 Å². The fraction of sp³-hybridized carbons (Fsp3) is 0.591. The molecule has 1 saturated heterocycles. The molecule has 0 N–H and O–H groups in total. The third kappa shape index (κ3) is 2.83. The molecule has 5 rings (SSSR count). The number of aryl methyl sites for hydroxylation is 1. The summed E-state index contributed by atoms with van der Waals surface area (Å²) in [7, 11) is 1.97. The highest BCUT2D eigenvalue weighted by atomic mass is 35.5. The van der Waals surface area contributed by atoms with Crippen molar-refractivity contribution in [3.63, 3.8) is 0 Å². The second-order valence-electron chi connectivity index (χ2n) is 8.96. The van der Waals surface area contributed by atoms with Crippen LogP contribution in [0.5, 0.6) is 0 Å². The van der Waals surface area contributed by atoms with Crippen molar-refractivity contribution >= 4 is 11.6 Å². The van der Waals surface area contributed by atoms with Crippen LogP contribution in [-0.2, 0) is 28.5 Å². The molecular formula is C22H28ClN3O2. The Hall–Kier alpha value is -1.40. The first-order valence-corrected chi connectivity index (χ1v) is 10.6. The highest BCUT2D eigenvalue weighted by molar-refractivity contribution is 6.31. The van der Waals surface area contributed by atoms with Crippen molar-refractivity contribution in [3.8, 4) is 0 Å². The largest absolute Gasteiger partial charge is 0.348 e. The van der Waals surface area contributed by atoms with Gasteiger partial charge in [0, 0.05) is 44.4 Å². The molecule has 28 heavy (non-hydrogen) atoms. The van der Waals surface area contributed by atoms with Crippen molar-refractivity contribution in [2.75, 3.05) is 19.8 Å². The molecule has 6 heteroatoms. The fourth-order valence-electron chi connectivity index (χ4n) is 5.44. The quantitative estimate of drug-likeness (QED) is 0.774. The van der Waals surface area contributed by atoms with E-state index in [4.69, 9.17) is 21.1 Å². The highest BCUT2D eigenvalue weighted by Gasteiger charge is 2.52. The number of fused-ring (bicyclic) bond motifs is 1. The standard InChI is InChI=1S/C22H28ClN3O2/c1-21(2)17-7-5-4-6-16(17)19(10-20-18(23)13-24-25(20)3)26(21)14-15-11-22(12-15)27-8-9-28-22/h4-7,13,15,19H,8-12,14H2,1-3H3.